The molecule has 0 spiro atoms. The molecular weight excluding hydrogens is 380 g/mol. The largest absolute Gasteiger partial charge is 0.493 e. The van der Waals surface area contributed by atoms with Gasteiger partial charge < -0.3 is 9.47 Å². The van der Waals surface area contributed by atoms with E-state index in [1.54, 1.807) is 19.4 Å². The monoisotopic (exact) mass is 396 g/mol. The van der Waals surface area contributed by atoms with E-state index < -0.39 is 0 Å². The summed E-state index contributed by atoms with van der Waals surface area (Å²) in [6, 6.07) is 11.4. The van der Waals surface area contributed by atoms with E-state index in [4.69, 9.17) is 21.1 Å². The molecule has 2 aromatic carbocycles. The van der Waals surface area contributed by atoms with Crippen LogP contribution in [0.5, 0.6) is 11.5 Å². The number of anilines is 1. The lowest BCUT2D eigenvalue weighted by Gasteiger charge is -2.15. The Morgan fingerprint density at radius 3 is 2.70 bits per heavy atom. The molecule has 0 aliphatic heterocycles. The van der Waals surface area contributed by atoms with Gasteiger partial charge in [0, 0.05) is 4.47 Å². The summed E-state index contributed by atoms with van der Waals surface area (Å²) in [5, 5.41) is 4.70. The average molecular weight is 398 g/mol. The fourth-order valence-electron chi connectivity index (χ4n) is 1.90. The highest BCUT2D eigenvalue weighted by Crippen LogP contribution is 2.36. The molecule has 0 saturated carbocycles. The van der Waals surface area contributed by atoms with Gasteiger partial charge in [0.05, 0.1) is 30.1 Å². The van der Waals surface area contributed by atoms with Gasteiger partial charge in [-0.2, -0.15) is 5.10 Å². The molecule has 0 heterocycles. The minimum Gasteiger partial charge on any atom is -0.493 e. The Hall–Kier alpha value is -1.72. The number of methoxy groups -OCH3 is 1. The van der Waals surface area contributed by atoms with E-state index in [1.165, 1.54) is 0 Å². The minimum absolute atomic E-state index is 0.0131. The molecule has 122 valence electrons. The molecule has 1 N–H and O–H groups in total. The van der Waals surface area contributed by atoms with Crippen LogP contribution in [0.1, 0.15) is 19.4 Å². The zero-order chi connectivity index (χ0) is 16.8. The Morgan fingerprint density at radius 2 is 2.04 bits per heavy atom. The van der Waals surface area contributed by atoms with Crippen molar-refractivity contribution < 1.29 is 9.47 Å². The topological polar surface area (TPSA) is 42.8 Å². The van der Waals surface area contributed by atoms with E-state index in [0.29, 0.717) is 16.5 Å². The number of hydrazone groups is 1. The zero-order valence-electron chi connectivity index (χ0n) is 13.1. The maximum Gasteiger partial charge on any atom is 0.180 e. The third-order valence-corrected chi connectivity index (χ3v) is 3.61. The van der Waals surface area contributed by atoms with Crippen molar-refractivity contribution >= 4 is 39.4 Å². The highest BCUT2D eigenvalue weighted by atomic mass is 79.9. The number of nitrogens with one attached hydrogen (secondary N) is 1. The Balaban J connectivity index is 2.16. The highest BCUT2D eigenvalue weighted by molar-refractivity contribution is 9.10. The summed E-state index contributed by atoms with van der Waals surface area (Å²) in [6.07, 6.45) is 1.69. The van der Waals surface area contributed by atoms with Gasteiger partial charge in [0.2, 0.25) is 0 Å². The summed E-state index contributed by atoms with van der Waals surface area (Å²) in [5.74, 6) is 1.12. The summed E-state index contributed by atoms with van der Waals surface area (Å²) in [4.78, 5) is 0. The molecule has 4 nitrogen and oxygen atoms in total. The second kappa shape index (κ2) is 8.22. The van der Waals surface area contributed by atoms with Gasteiger partial charge in [-0.1, -0.05) is 33.6 Å². The number of nitrogens with zero attached hydrogens (tertiary/aromatic N) is 1. The van der Waals surface area contributed by atoms with Gasteiger partial charge in [-0.3, -0.25) is 5.43 Å². The Kier molecular flexibility index (Phi) is 6.30. The number of rotatable bonds is 6. The summed E-state index contributed by atoms with van der Waals surface area (Å²) >= 11 is 9.70. The average Bonchev–Trinajstić information content (AvgIpc) is 2.49. The molecule has 0 amide bonds. The number of benzene rings is 2. The van der Waals surface area contributed by atoms with Gasteiger partial charge in [-0.05, 0) is 49.7 Å². The summed E-state index contributed by atoms with van der Waals surface area (Å²) in [7, 11) is 1.58. The Labute approximate surface area is 149 Å². The van der Waals surface area contributed by atoms with Crippen molar-refractivity contribution in [3.05, 3.63) is 51.5 Å². The second-order valence-corrected chi connectivity index (χ2v) is 6.40. The summed E-state index contributed by atoms with van der Waals surface area (Å²) in [6.45, 7) is 3.88. The molecule has 23 heavy (non-hydrogen) atoms. The maximum absolute atomic E-state index is 6.28. The van der Waals surface area contributed by atoms with Crippen LogP contribution in [0, 0.1) is 0 Å². The van der Waals surface area contributed by atoms with E-state index in [9.17, 15) is 0 Å². The zero-order valence-corrected chi connectivity index (χ0v) is 15.5. The van der Waals surface area contributed by atoms with Crippen LogP contribution in [-0.4, -0.2) is 19.4 Å². The van der Waals surface area contributed by atoms with Crippen LogP contribution in [0.4, 0.5) is 5.69 Å². The predicted molar refractivity (Wildman–Crippen MR) is 99.1 cm³/mol. The van der Waals surface area contributed by atoms with Crippen LogP contribution in [0.25, 0.3) is 0 Å². The second-order valence-electron chi connectivity index (χ2n) is 5.08. The highest BCUT2D eigenvalue weighted by Gasteiger charge is 2.12. The van der Waals surface area contributed by atoms with Gasteiger partial charge in [-0.25, -0.2) is 0 Å². The molecule has 0 aliphatic rings. The van der Waals surface area contributed by atoms with E-state index in [2.05, 4.69) is 26.5 Å². The molecule has 6 heteroatoms. The molecule has 0 saturated heterocycles. The molecule has 2 rings (SSSR count). The molecule has 0 aliphatic carbocycles. The molecule has 0 radical (unpaired) electrons. The Morgan fingerprint density at radius 1 is 1.26 bits per heavy atom. The third kappa shape index (κ3) is 5.15. The van der Waals surface area contributed by atoms with E-state index in [-0.39, 0.29) is 6.10 Å². The lowest BCUT2D eigenvalue weighted by molar-refractivity contribution is 0.230. The third-order valence-electron chi connectivity index (χ3n) is 2.84. The van der Waals surface area contributed by atoms with E-state index in [0.717, 1.165) is 15.7 Å². The first kappa shape index (κ1) is 17.6. The number of hydrogen-bond acceptors (Lipinski definition) is 4. The van der Waals surface area contributed by atoms with Gasteiger partial charge in [0.15, 0.2) is 11.5 Å². The molecule has 0 aromatic heterocycles. The van der Waals surface area contributed by atoms with Crippen molar-refractivity contribution in [3.63, 3.8) is 0 Å². The summed E-state index contributed by atoms with van der Waals surface area (Å²) < 4.78 is 12.0. The first-order valence-corrected chi connectivity index (χ1v) is 8.25. The molecule has 0 atom stereocenters. The van der Waals surface area contributed by atoms with Crippen molar-refractivity contribution in [3.8, 4) is 11.5 Å². The van der Waals surface area contributed by atoms with Crippen LogP contribution < -0.4 is 14.9 Å². The smallest absolute Gasteiger partial charge is 0.180 e. The normalized spacial score (nSPS) is 11.0. The van der Waals surface area contributed by atoms with Crippen molar-refractivity contribution in [1.82, 2.24) is 0 Å². The van der Waals surface area contributed by atoms with Gasteiger partial charge in [0.1, 0.15) is 0 Å². The molecule has 0 fully saturated rings. The molecule has 0 bridgehead atoms. The van der Waals surface area contributed by atoms with E-state index in [1.807, 2.05) is 44.2 Å². The van der Waals surface area contributed by atoms with Gasteiger partial charge in [-0.15, -0.1) is 0 Å². The van der Waals surface area contributed by atoms with Gasteiger partial charge >= 0.3 is 0 Å². The van der Waals surface area contributed by atoms with Crippen LogP contribution in [-0.2, 0) is 0 Å². The van der Waals surface area contributed by atoms with E-state index >= 15 is 0 Å². The predicted octanol–water partition coefficient (Wildman–Crippen LogP) is 5.34. The first-order valence-electron chi connectivity index (χ1n) is 7.08. The quantitative estimate of drug-likeness (QED) is 0.528. The van der Waals surface area contributed by atoms with Crippen molar-refractivity contribution in [2.75, 3.05) is 12.5 Å². The van der Waals surface area contributed by atoms with Crippen LogP contribution in [0.2, 0.25) is 5.02 Å². The summed E-state index contributed by atoms with van der Waals surface area (Å²) in [5.41, 5.74) is 4.66. The fraction of sp³-hybridized carbons (Fsp3) is 0.235. The van der Waals surface area contributed by atoms with Crippen LogP contribution in [0.15, 0.2) is 46.0 Å². The minimum atomic E-state index is 0.0131. The van der Waals surface area contributed by atoms with Crippen molar-refractivity contribution in [2.24, 2.45) is 5.10 Å². The Bertz CT molecular complexity index is 705. The maximum atomic E-state index is 6.28. The lowest BCUT2D eigenvalue weighted by atomic mass is 10.2. The fourth-order valence-corrected chi connectivity index (χ4v) is 2.57. The lowest BCUT2D eigenvalue weighted by Crippen LogP contribution is -2.07. The number of halogens is 2. The SMILES string of the molecule is COc1cc(/C=N/Nc2cccc(Br)c2)cc(Cl)c1OC(C)C. The molecule has 0 unspecified atom stereocenters. The standard InChI is InChI=1S/C17H18BrClN2O2/c1-11(2)23-17-15(19)7-12(8-16(17)22-3)10-20-21-14-6-4-5-13(18)9-14/h4-11,21H,1-3H3/b20-10+. The number of ether oxygens (including phenoxy) is 2. The van der Waals surface area contributed by atoms with Crippen LogP contribution in [0.3, 0.4) is 0 Å². The number of hydrogen-bond donors (Lipinski definition) is 1. The molecule has 2 aromatic rings. The van der Waals surface area contributed by atoms with Crippen LogP contribution >= 0.6 is 27.5 Å². The van der Waals surface area contributed by atoms with Crippen molar-refractivity contribution in [1.29, 1.82) is 0 Å². The van der Waals surface area contributed by atoms with Crippen molar-refractivity contribution in [2.45, 2.75) is 20.0 Å². The molecular formula is C17H18BrClN2O2. The first-order chi connectivity index (χ1) is 11.0. The van der Waals surface area contributed by atoms with Gasteiger partial charge in [0.25, 0.3) is 0 Å².